The van der Waals surface area contributed by atoms with Crippen LogP contribution in [0.25, 0.3) is 0 Å². The Balaban J connectivity index is 1.42. The number of amides is 2. The molecule has 0 radical (unpaired) electrons. The van der Waals surface area contributed by atoms with Gasteiger partial charge >= 0.3 is 0 Å². The van der Waals surface area contributed by atoms with Gasteiger partial charge in [0.05, 0.1) is 31.0 Å². The van der Waals surface area contributed by atoms with Gasteiger partial charge in [-0.1, -0.05) is 18.2 Å². The van der Waals surface area contributed by atoms with E-state index in [1.807, 2.05) is 56.3 Å². The van der Waals surface area contributed by atoms with E-state index in [0.29, 0.717) is 13.1 Å². The van der Waals surface area contributed by atoms with Gasteiger partial charge in [0.1, 0.15) is 17.1 Å². The average molecular weight is 406 g/mol. The number of hydrogen-bond acceptors (Lipinski definition) is 4. The van der Waals surface area contributed by atoms with Crippen molar-refractivity contribution in [2.45, 2.75) is 39.0 Å². The first-order chi connectivity index (χ1) is 14.3. The third-order valence-electron chi connectivity index (χ3n) is 6.75. The molecule has 3 aliphatic rings. The molecule has 6 heteroatoms. The third kappa shape index (κ3) is 2.74. The molecule has 1 aromatic carbocycles. The van der Waals surface area contributed by atoms with Crippen LogP contribution in [0.2, 0.25) is 0 Å². The summed E-state index contributed by atoms with van der Waals surface area (Å²) in [5.74, 6) is 0.409. The highest BCUT2D eigenvalue weighted by Crippen LogP contribution is 2.53. The lowest BCUT2D eigenvalue weighted by Crippen LogP contribution is -2.44. The maximum atomic E-state index is 13.5. The molecule has 4 atom stereocenters. The van der Waals surface area contributed by atoms with Crippen LogP contribution in [0, 0.1) is 32.6 Å². The van der Waals surface area contributed by atoms with Gasteiger partial charge in [-0.15, -0.1) is 0 Å². The zero-order valence-corrected chi connectivity index (χ0v) is 17.7. The molecule has 30 heavy (non-hydrogen) atoms. The molecule has 0 aliphatic carbocycles. The summed E-state index contributed by atoms with van der Waals surface area (Å²) in [7, 11) is 1.75. The van der Waals surface area contributed by atoms with Gasteiger partial charge in [0.15, 0.2) is 0 Å². The van der Waals surface area contributed by atoms with Crippen molar-refractivity contribution in [1.29, 1.82) is 0 Å². The van der Waals surface area contributed by atoms with Crippen molar-refractivity contribution < 1.29 is 18.7 Å². The SMILES string of the molecule is Cc1ccc(CN(C)C(=O)[C@@H]2[C@@H]3C=C[C@@]4(CN(c5ccc(C)c(C)c5)C(=O)[C@H]24)O3)o1. The fourth-order valence-electron chi connectivity index (χ4n) is 5.03. The second kappa shape index (κ2) is 6.57. The average Bonchev–Trinajstić information content (AvgIpc) is 3.45. The molecule has 2 aromatic rings. The van der Waals surface area contributed by atoms with Crippen LogP contribution in [-0.4, -0.2) is 42.0 Å². The van der Waals surface area contributed by atoms with Crippen molar-refractivity contribution in [2.75, 3.05) is 18.5 Å². The minimum atomic E-state index is -0.719. The van der Waals surface area contributed by atoms with Gasteiger partial charge in [0, 0.05) is 12.7 Å². The zero-order chi connectivity index (χ0) is 21.2. The predicted octanol–water partition coefficient (Wildman–Crippen LogP) is 3.15. The molecular formula is C24H26N2O4. The van der Waals surface area contributed by atoms with Gasteiger partial charge in [0.25, 0.3) is 0 Å². The topological polar surface area (TPSA) is 63.0 Å². The molecule has 0 unspecified atom stereocenters. The first-order valence-corrected chi connectivity index (χ1v) is 10.4. The Morgan fingerprint density at radius 3 is 2.70 bits per heavy atom. The lowest BCUT2D eigenvalue weighted by atomic mass is 9.76. The number of aryl methyl sites for hydroxylation is 3. The van der Waals surface area contributed by atoms with Gasteiger partial charge in [-0.2, -0.15) is 0 Å². The number of benzene rings is 1. The van der Waals surface area contributed by atoms with E-state index in [1.165, 1.54) is 5.56 Å². The number of carbonyl (C=O) groups excluding carboxylic acids is 2. The summed E-state index contributed by atoms with van der Waals surface area (Å²) >= 11 is 0. The summed E-state index contributed by atoms with van der Waals surface area (Å²) < 4.78 is 11.9. The maximum absolute atomic E-state index is 13.5. The summed E-state index contributed by atoms with van der Waals surface area (Å²) in [6, 6.07) is 9.78. The van der Waals surface area contributed by atoms with Gasteiger partial charge in [-0.25, -0.2) is 0 Å². The second-order valence-electron chi connectivity index (χ2n) is 8.80. The molecule has 1 spiro atoms. The minimum Gasteiger partial charge on any atom is -0.464 e. The first-order valence-electron chi connectivity index (χ1n) is 10.4. The number of anilines is 1. The monoisotopic (exact) mass is 406 g/mol. The normalized spacial score (nSPS) is 29.0. The van der Waals surface area contributed by atoms with Crippen LogP contribution in [0.4, 0.5) is 5.69 Å². The predicted molar refractivity (Wildman–Crippen MR) is 112 cm³/mol. The van der Waals surface area contributed by atoms with E-state index in [1.54, 1.807) is 16.8 Å². The molecule has 0 N–H and O–H groups in total. The van der Waals surface area contributed by atoms with Crippen molar-refractivity contribution in [3.8, 4) is 0 Å². The molecule has 6 nitrogen and oxygen atoms in total. The van der Waals surface area contributed by atoms with Gasteiger partial charge in [-0.3, -0.25) is 9.59 Å². The Hall–Kier alpha value is -2.86. The summed E-state index contributed by atoms with van der Waals surface area (Å²) in [4.78, 5) is 30.3. The van der Waals surface area contributed by atoms with Gasteiger partial charge in [-0.05, 0) is 56.2 Å². The van der Waals surface area contributed by atoms with Gasteiger partial charge < -0.3 is 19.0 Å². The van der Waals surface area contributed by atoms with E-state index in [0.717, 1.165) is 22.8 Å². The van der Waals surface area contributed by atoms with Crippen LogP contribution in [0.5, 0.6) is 0 Å². The Kier molecular flexibility index (Phi) is 4.19. The van der Waals surface area contributed by atoms with Crippen molar-refractivity contribution in [3.63, 3.8) is 0 Å². The Morgan fingerprint density at radius 1 is 1.20 bits per heavy atom. The Bertz CT molecular complexity index is 1070. The molecule has 2 bridgehead atoms. The number of nitrogens with zero attached hydrogens (tertiary/aromatic N) is 2. The molecule has 0 saturated carbocycles. The Morgan fingerprint density at radius 2 is 2.00 bits per heavy atom. The third-order valence-corrected chi connectivity index (χ3v) is 6.75. The van der Waals surface area contributed by atoms with E-state index in [4.69, 9.17) is 9.15 Å². The minimum absolute atomic E-state index is 0.0364. The maximum Gasteiger partial charge on any atom is 0.234 e. The van der Waals surface area contributed by atoms with E-state index in [2.05, 4.69) is 6.92 Å². The summed E-state index contributed by atoms with van der Waals surface area (Å²) in [5.41, 5.74) is 2.46. The standard InChI is InChI=1S/C24H26N2O4/c1-14-5-7-17(11-15(14)2)26-13-24-10-9-19(30-24)20(21(24)23(26)28)22(27)25(4)12-18-8-6-16(3)29-18/h5-11,19-21H,12-13H2,1-4H3/t19-,20+,21-,24-/m0/s1. The number of ether oxygens (including phenoxy) is 1. The molecule has 2 fully saturated rings. The van der Waals surface area contributed by atoms with Crippen LogP contribution in [0.3, 0.4) is 0 Å². The number of carbonyl (C=O) groups is 2. The van der Waals surface area contributed by atoms with Crippen LogP contribution in [0.15, 0.2) is 46.9 Å². The molecule has 3 aliphatic heterocycles. The van der Waals surface area contributed by atoms with E-state index >= 15 is 0 Å². The molecule has 156 valence electrons. The fraction of sp³-hybridized carbons (Fsp3) is 0.417. The van der Waals surface area contributed by atoms with Crippen LogP contribution in [-0.2, 0) is 20.9 Å². The van der Waals surface area contributed by atoms with Crippen LogP contribution in [0.1, 0.15) is 22.6 Å². The van der Waals surface area contributed by atoms with E-state index in [-0.39, 0.29) is 17.9 Å². The van der Waals surface area contributed by atoms with E-state index < -0.39 is 17.4 Å². The zero-order valence-electron chi connectivity index (χ0n) is 17.7. The molecule has 2 amide bonds. The van der Waals surface area contributed by atoms with Crippen molar-refractivity contribution in [2.24, 2.45) is 11.8 Å². The smallest absolute Gasteiger partial charge is 0.234 e. The van der Waals surface area contributed by atoms with Gasteiger partial charge in [0.2, 0.25) is 11.8 Å². The first kappa shape index (κ1) is 19.1. The lowest BCUT2D eigenvalue weighted by Gasteiger charge is -2.27. The second-order valence-corrected chi connectivity index (χ2v) is 8.80. The highest BCUT2D eigenvalue weighted by Gasteiger charge is 2.67. The molecule has 1 aromatic heterocycles. The van der Waals surface area contributed by atoms with Crippen LogP contribution >= 0.6 is 0 Å². The number of rotatable bonds is 4. The summed E-state index contributed by atoms with van der Waals surface area (Å²) in [5, 5.41) is 0. The molecule has 2 saturated heterocycles. The molecule has 5 rings (SSSR count). The highest BCUT2D eigenvalue weighted by atomic mass is 16.5. The fourth-order valence-corrected chi connectivity index (χ4v) is 5.03. The van der Waals surface area contributed by atoms with Crippen molar-refractivity contribution in [3.05, 3.63) is 65.1 Å². The summed E-state index contributed by atoms with van der Waals surface area (Å²) in [6.07, 6.45) is 3.58. The quantitative estimate of drug-likeness (QED) is 0.732. The lowest BCUT2D eigenvalue weighted by molar-refractivity contribution is -0.139. The number of fused-ring (bicyclic) bond motifs is 1. The van der Waals surface area contributed by atoms with Crippen molar-refractivity contribution >= 4 is 17.5 Å². The van der Waals surface area contributed by atoms with Crippen LogP contribution < -0.4 is 4.90 Å². The number of hydrogen-bond donors (Lipinski definition) is 0. The Labute approximate surface area is 176 Å². The molecular weight excluding hydrogens is 380 g/mol. The molecule has 4 heterocycles. The summed E-state index contributed by atoms with van der Waals surface area (Å²) in [6.45, 7) is 6.78. The highest BCUT2D eigenvalue weighted by molar-refractivity contribution is 6.03. The van der Waals surface area contributed by atoms with Crippen molar-refractivity contribution in [1.82, 2.24) is 4.90 Å². The largest absolute Gasteiger partial charge is 0.464 e. The van der Waals surface area contributed by atoms with E-state index in [9.17, 15) is 9.59 Å². The number of furan rings is 1.